The molecule has 0 bridgehead atoms. The minimum atomic E-state index is -4.64. The Balaban J connectivity index is 0. The van der Waals surface area contributed by atoms with Gasteiger partial charge < -0.3 is 14.7 Å². The second-order valence-electron chi connectivity index (χ2n) is 2.43. The van der Waals surface area contributed by atoms with Crippen LogP contribution in [-0.4, -0.2) is 42.6 Å². The van der Waals surface area contributed by atoms with E-state index in [-0.39, 0.29) is 0 Å². The van der Waals surface area contributed by atoms with Crippen molar-refractivity contribution in [3.63, 3.8) is 0 Å². The number of hydrogen-bond donors (Lipinski definition) is 3. The average molecular weight is 192 g/mol. The molecule has 0 unspecified atom stereocenters. The fourth-order valence-corrected chi connectivity index (χ4v) is 0.289. The molecule has 4 nitrogen and oxygen atoms in total. The van der Waals surface area contributed by atoms with Crippen molar-refractivity contribution in [1.82, 2.24) is 0 Å². The number of hydrogen-bond acceptors (Lipinski definition) is 1. The van der Waals surface area contributed by atoms with Crippen LogP contribution < -0.4 is 0 Å². The topological polar surface area (TPSA) is 77.8 Å². The summed E-state index contributed by atoms with van der Waals surface area (Å²) >= 11 is 1.39. The van der Waals surface area contributed by atoms with Crippen molar-refractivity contribution in [2.75, 3.05) is 0 Å². The van der Waals surface area contributed by atoms with Crippen LogP contribution in [0.5, 0.6) is 0 Å². The van der Waals surface area contributed by atoms with E-state index in [9.17, 15) is 0 Å². The fourth-order valence-electron chi connectivity index (χ4n) is 0.289. The molecule has 0 saturated carbocycles. The van der Waals surface area contributed by atoms with Gasteiger partial charge in [-0.15, -0.1) is 0 Å². The smallest absolute Gasteiger partial charge is 0.303 e. The molecule has 0 aliphatic heterocycles. The SMILES string of the molecule is CC[CH]([Na])CC.O=P(O)(O)O. The summed E-state index contributed by atoms with van der Waals surface area (Å²) in [5.41, 5.74) is 0. The van der Waals surface area contributed by atoms with Gasteiger partial charge in [0.05, 0.1) is 0 Å². The Bertz CT molecular complexity index is 111. The third-order valence-corrected chi connectivity index (χ3v) is 3.03. The van der Waals surface area contributed by atoms with Crippen LogP contribution in [0.2, 0.25) is 3.17 Å². The maximum Gasteiger partial charge on any atom is 0.466 e. The Morgan fingerprint density at radius 3 is 1.45 bits per heavy atom. The van der Waals surface area contributed by atoms with Crippen LogP contribution in [-0.2, 0) is 4.57 Å². The molecule has 0 spiro atoms. The van der Waals surface area contributed by atoms with Crippen LogP contribution in [0.25, 0.3) is 0 Å². The standard InChI is InChI=1S/C5H11.Na.H3O4P/c1-3-5-4-2;;1-5(2,3)4/h5H,3-4H2,1-2H3;;(H3,1,2,3,4). The molecule has 0 fully saturated rings. The summed E-state index contributed by atoms with van der Waals surface area (Å²) in [5, 5.41) is 0. The normalized spacial score (nSPS) is 10.9. The van der Waals surface area contributed by atoms with Gasteiger partial charge in [0.25, 0.3) is 0 Å². The van der Waals surface area contributed by atoms with Crippen molar-refractivity contribution in [1.29, 1.82) is 0 Å². The Kier molecular flexibility index (Phi) is 10.3. The van der Waals surface area contributed by atoms with Gasteiger partial charge in [-0.05, 0) is 0 Å². The van der Waals surface area contributed by atoms with Crippen LogP contribution in [0.4, 0.5) is 0 Å². The Morgan fingerprint density at radius 2 is 1.45 bits per heavy atom. The maximum atomic E-state index is 8.88. The summed E-state index contributed by atoms with van der Waals surface area (Å²) in [4.78, 5) is 21.6. The second kappa shape index (κ2) is 7.74. The first-order chi connectivity index (χ1) is 4.81. The van der Waals surface area contributed by atoms with Gasteiger partial charge in [-0.2, -0.15) is 0 Å². The van der Waals surface area contributed by atoms with E-state index in [4.69, 9.17) is 19.2 Å². The number of rotatable bonds is 2. The monoisotopic (exact) mass is 192 g/mol. The molecule has 0 aromatic carbocycles. The first kappa shape index (κ1) is 14.6. The third kappa shape index (κ3) is 35.3. The molecule has 0 aromatic heterocycles. The van der Waals surface area contributed by atoms with Crippen LogP contribution in [0, 0.1) is 0 Å². The van der Waals surface area contributed by atoms with Crippen LogP contribution in [0.1, 0.15) is 26.7 Å². The average Bonchev–Trinajstić information content (AvgIpc) is 1.83. The summed E-state index contributed by atoms with van der Waals surface area (Å²) in [6, 6.07) is 0. The zero-order valence-corrected chi connectivity index (χ0v) is 10.1. The van der Waals surface area contributed by atoms with Gasteiger partial charge in [-0.1, -0.05) is 0 Å². The molecule has 0 heterocycles. The zero-order valence-electron chi connectivity index (χ0n) is 7.19. The van der Waals surface area contributed by atoms with Crippen molar-refractivity contribution in [2.24, 2.45) is 0 Å². The van der Waals surface area contributed by atoms with Crippen molar-refractivity contribution in [3.8, 4) is 0 Å². The first-order valence-electron chi connectivity index (χ1n) is 3.59. The van der Waals surface area contributed by atoms with E-state index >= 15 is 0 Å². The molecule has 0 radical (unpaired) electrons. The zero-order chi connectivity index (χ0) is 9.49. The number of phosphoric acid groups is 1. The van der Waals surface area contributed by atoms with E-state index < -0.39 is 7.82 Å². The molecular formula is C5H14NaO4P. The van der Waals surface area contributed by atoms with Gasteiger partial charge in [0.1, 0.15) is 0 Å². The summed E-state index contributed by atoms with van der Waals surface area (Å²) in [6.07, 6.45) is 2.78. The van der Waals surface area contributed by atoms with E-state index in [1.165, 1.54) is 40.8 Å². The molecule has 0 amide bonds. The molecule has 0 aliphatic rings. The van der Waals surface area contributed by atoms with E-state index in [0.29, 0.717) is 0 Å². The summed E-state index contributed by atoms with van der Waals surface area (Å²) < 4.78 is 9.96. The van der Waals surface area contributed by atoms with Gasteiger partial charge in [-0.3, -0.25) is 0 Å². The second-order valence-corrected chi connectivity index (χ2v) is 5.09. The Labute approximate surface area is 84.7 Å². The molecule has 0 atom stereocenters. The first-order valence-corrected chi connectivity index (χ1v) is 6.31. The van der Waals surface area contributed by atoms with Gasteiger partial charge >= 0.3 is 65.6 Å². The molecule has 0 saturated heterocycles. The summed E-state index contributed by atoms with van der Waals surface area (Å²) in [7, 11) is -4.64. The minimum Gasteiger partial charge on any atom is -0.303 e. The minimum absolute atomic E-state index is 1.07. The largest absolute Gasteiger partial charge is 0.466 e. The summed E-state index contributed by atoms with van der Waals surface area (Å²) in [6.45, 7) is 4.53. The van der Waals surface area contributed by atoms with Crippen LogP contribution >= 0.6 is 7.82 Å². The van der Waals surface area contributed by atoms with Crippen molar-refractivity contribution in [2.45, 2.75) is 29.9 Å². The van der Waals surface area contributed by atoms with E-state index in [2.05, 4.69) is 13.8 Å². The van der Waals surface area contributed by atoms with Crippen molar-refractivity contribution in [3.05, 3.63) is 0 Å². The molecule has 64 valence electrons. The Morgan fingerprint density at radius 1 is 1.27 bits per heavy atom. The van der Waals surface area contributed by atoms with E-state index in [0.717, 1.165) is 3.17 Å². The van der Waals surface area contributed by atoms with Crippen molar-refractivity contribution < 1.29 is 19.2 Å². The molecule has 3 N–H and O–H groups in total. The molecule has 0 aromatic rings. The third-order valence-electron chi connectivity index (χ3n) is 1.39. The molecule has 0 rings (SSSR count). The van der Waals surface area contributed by atoms with Crippen molar-refractivity contribution >= 4 is 35.8 Å². The quantitative estimate of drug-likeness (QED) is 0.447. The van der Waals surface area contributed by atoms with Gasteiger partial charge in [0.2, 0.25) is 0 Å². The van der Waals surface area contributed by atoms with Gasteiger partial charge in [-0.25, -0.2) is 4.57 Å². The fraction of sp³-hybridized carbons (Fsp3) is 1.00. The molecule has 11 heavy (non-hydrogen) atoms. The summed E-state index contributed by atoms with van der Waals surface area (Å²) in [5.74, 6) is 0. The molecular weight excluding hydrogens is 178 g/mol. The molecule has 6 heteroatoms. The van der Waals surface area contributed by atoms with Crippen LogP contribution in [0.15, 0.2) is 0 Å². The molecule has 0 aliphatic carbocycles. The predicted octanol–water partition coefficient (Wildman–Crippen LogP) is 0.835. The van der Waals surface area contributed by atoms with Crippen LogP contribution in [0.3, 0.4) is 0 Å². The van der Waals surface area contributed by atoms with Gasteiger partial charge in [0, 0.05) is 0 Å². The Hall–Kier alpha value is 1.11. The van der Waals surface area contributed by atoms with Gasteiger partial charge in [0.15, 0.2) is 0 Å². The van der Waals surface area contributed by atoms with E-state index in [1.807, 2.05) is 0 Å². The maximum absolute atomic E-state index is 8.88. The predicted molar refractivity (Wildman–Crippen MR) is 44.3 cm³/mol. The van der Waals surface area contributed by atoms with E-state index in [1.54, 1.807) is 0 Å².